The number of amides is 3. The van der Waals surface area contributed by atoms with Crippen LogP contribution in [0.2, 0.25) is 18.1 Å². The van der Waals surface area contributed by atoms with Gasteiger partial charge in [-0.3, -0.25) is 24.5 Å². The summed E-state index contributed by atoms with van der Waals surface area (Å²) < 4.78 is 65.1. The average Bonchev–Trinajstić information content (AvgIpc) is 1.89. The first-order chi connectivity index (χ1) is 41.0. The molecular formula is C64H91N5O16SSi. The van der Waals surface area contributed by atoms with Gasteiger partial charge < -0.3 is 48.8 Å². The molecule has 1 heterocycles. The van der Waals surface area contributed by atoms with Crippen molar-refractivity contribution in [3.05, 3.63) is 124 Å². The van der Waals surface area contributed by atoms with Crippen LogP contribution < -0.4 is 24.8 Å². The van der Waals surface area contributed by atoms with Crippen molar-refractivity contribution in [1.82, 2.24) is 19.8 Å². The van der Waals surface area contributed by atoms with E-state index in [-0.39, 0.29) is 79.6 Å². The van der Waals surface area contributed by atoms with Gasteiger partial charge in [0, 0.05) is 43.6 Å². The number of nitrogens with zero attached hydrogens (tertiary/aromatic N) is 3. The zero-order valence-electron chi connectivity index (χ0n) is 52.6. The number of likely N-dealkylation sites (tertiary alicyclic amines) is 1. The van der Waals surface area contributed by atoms with E-state index < -0.39 is 89.4 Å². The lowest BCUT2D eigenvalue weighted by Crippen LogP contribution is -2.53. The Morgan fingerprint density at radius 1 is 0.851 bits per heavy atom. The zero-order chi connectivity index (χ0) is 64.3. The second-order valence-electron chi connectivity index (χ2n) is 24.6. The number of aliphatic hydroxyl groups excluding tert-OH is 1. The van der Waals surface area contributed by atoms with E-state index in [9.17, 15) is 47.6 Å². The largest absolute Gasteiger partial charge is 0.493 e. The first-order valence-corrected chi connectivity index (χ1v) is 34.2. The Morgan fingerprint density at radius 2 is 1.54 bits per heavy atom. The van der Waals surface area contributed by atoms with Crippen LogP contribution in [0.15, 0.2) is 102 Å². The Hall–Kier alpha value is -6.92. The van der Waals surface area contributed by atoms with Gasteiger partial charge in [-0.15, -0.1) is 0 Å². The van der Waals surface area contributed by atoms with Crippen LogP contribution in [0.5, 0.6) is 17.2 Å². The molecule has 87 heavy (non-hydrogen) atoms. The number of carbonyl (C=O) groups is 5. The minimum Gasteiger partial charge on any atom is -0.493 e. The van der Waals surface area contributed by atoms with Crippen LogP contribution in [-0.4, -0.2) is 144 Å². The highest BCUT2D eigenvalue weighted by Crippen LogP contribution is 2.37. The molecule has 478 valence electrons. The van der Waals surface area contributed by atoms with Crippen molar-refractivity contribution in [2.24, 2.45) is 11.3 Å². The van der Waals surface area contributed by atoms with E-state index in [2.05, 4.69) is 31.4 Å². The molecule has 5 atom stereocenters. The number of aryl methyl sites for hydroxylation is 1. The second kappa shape index (κ2) is 32.3. The summed E-state index contributed by atoms with van der Waals surface area (Å²) in [5, 5.41) is 28.7. The molecule has 1 fully saturated rings. The number of carbonyl (C=O) groups excluding carboxylic acids is 5. The number of sulfonamides is 1. The van der Waals surface area contributed by atoms with Crippen LogP contribution in [0.4, 0.5) is 10.5 Å². The fourth-order valence-electron chi connectivity index (χ4n) is 9.48. The number of esters is 1. The summed E-state index contributed by atoms with van der Waals surface area (Å²) in [5.74, 6) is -0.852. The zero-order valence-corrected chi connectivity index (χ0v) is 54.4. The smallest absolute Gasteiger partial charge is 0.407 e. The number of rotatable bonds is 33. The number of ether oxygens (including phenoxy) is 5. The van der Waals surface area contributed by atoms with Crippen LogP contribution in [0.1, 0.15) is 123 Å². The molecule has 0 radical (unpaired) electrons. The Labute approximate surface area is 514 Å². The minimum absolute atomic E-state index is 0.00868. The maximum absolute atomic E-state index is 14.2. The molecule has 1 aliphatic rings. The molecule has 3 amide bonds. The molecule has 5 rings (SSSR count). The van der Waals surface area contributed by atoms with Crippen LogP contribution in [-0.2, 0) is 55.9 Å². The van der Waals surface area contributed by atoms with Gasteiger partial charge in [-0.05, 0) is 129 Å². The quantitative estimate of drug-likeness (QED) is 0.01000. The highest BCUT2D eigenvalue weighted by Gasteiger charge is 2.42. The minimum atomic E-state index is -4.28. The van der Waals surface area contributed by atoms with Crippen molar-refractivity contribution in [3.63, 3.8) is 0 Å². The lowest BCUT2D eigenvalue weighted by Gasteiger charge is -2.37. The van der Waals surface area contributed by atoms with E-state index in [1.54, 1.807) is 76.6 Å². The number of nitro groups is 1. The molecule has 4 aromatic carbocycles. The Balaban J connectivity index is 1.27. The lowest BCUT2D eigenvalue weighted by molar-refractivity contribution is -0.384. The molecule has 1 aliphatic heterocycles. The van der Waals surface area contributed by atoms with Crippen LogP contribution in [0, 0.1) is 21.4 Å². The van der Waals surface area contributed by atoms with Crippen molar-refractivity contribution in [1.29, 1.82) is 0 Å². The molecule has 1 unspecified atom stereocenters. The molecule has 3 N–H and O–H groups in total. The molecule has 4 aromatic rings. The average molecular weight is 1250 g/mol. The van der Waals surface area contributed by atoms with Gasteiger partial charge in [0.2, 0.25) is 21.7 Å². The fraction of sp³-hybridized carbons (Fsp3) is 0.547. The number of nitrogens with one attached hydrogen (secondary N) is 2. The predicted octanol–water partition coefficient (Wildman–Crippen LogP) is 9.93. The van der Waals surface area contributed by atoms with Crippen molar-refractivity contribution >= 4 is 53.7 Å². The highest BCUT2D eigenvalue weighted by atomic mass is 32.2. The van der Waals surface area contributed by atoms with Gasteiger partial charge in [0.1, 0.15) is 30.6 Å². The Morgan fingerprint density at radius 3 is 2.17 bits per heavy atom. The first-order valence-electron chi connectivity index (χ1n) is 29.8. The SMILES string of the molecule is CCC(C)(C)C(=O)C(=O)N1CCCC[C@H]1C(=O)O[C@H](CCc1ccc(OC)c(OC)c1)c1cccc(OCCNC(=O)CCC(CO[Si](C)(C)C(C)(C)C)OC(=O)N[C@@H](Cc2ccccc2)[C@H](O)CN(CC(C)C)S(=O)(=O)c2ccc([N+](=O)[O-])cc2)c1. The number of hydrogen-bond acceptors (Lipinski definition) is 16. The number of aliphatic hydroxyl groups is 1. The molecule has 0 bridgehead atoms. The maximum atomic E-state index is 14.2. The van der Waals surface area contributed by atoms with Gasteiger partial charge in [-0.2, -0.15) is 4.31 Å². The third-order valence-electron chi connectivity index (χ3n) is 16.2. The summed E-state index contributed by atoms with van der Waals surface area (Å²) in [6.45, 7) is 19.2. The summed E-state index contributed by atoms with van der Waals surface area (Å²) in [6.07, 6.45) is -1.10. The van der Waals surface area contributed by atoms with E-state index in [0.29, 0.717) is 61.3 Å². The number of non-ortho nitro benzene ring substituents is 1. The van der Waals surface area contributed by atoms with Gasteiger partial charge >= 0.3 is 12.1 Å². The third-order valence-corrected chi connectivity index (χ3v) is 22.5. The number of hydrogen-bond donors (Lipinski definition) is 3. The maximum Gasteiger partial charge on any atom is 0.407 e. The van der Waals surface area contributed by atoms with Gasteiger partial charge in [-0.25, -0.2) is 18.0 Å². The van der Waals surface area contributed by atoms with Crippen molar-refractivity contribution in [3.8, 4) is 17.2 Å². The summed E-state index contributed by atoms with van der Waals surface area (Å²) in [6, 6.07) is 24.1. The molecule has 23 heteroatoms. The van der Waals surface area contributed by atoms with E-state index in [1.807, 2.05) is 58.1 Å². The molecular weight excluding hydrogens is 1150 g/mol. The summed E-state index contributed by atoms with van der Waals surface area (Å²) >= 11 is 0. The molecule has 0 spiro atoms. The van der Waals surface area contributed by atoms with E-state index in [4.69, 9.17) is 28.1 Å². The number of nitro benzene ring substituents is 1. The van der Waals surface area contributed by atoms with E-state index >= 15 is 0 Å². The summed E-state index contributed by atoms with van der Waals surface area (Å²) in [4.78, 5) is 80.7. The standard InChI is InChI=1S/C64H91N5O16SSi/c1-13-64(7,8)59(72)60(73)68-36-18-17-24-53(68)61(74)85-55(32-25-46-26-33-56(80-9)57(39-46)81-10)47-22-19-23-49(40-47)82-37-35-65-58(71)34-29-50(43-83-87(11,12)63(4,5)6)84-62(75)66-52(38-45-20-15-14-16-21-45)54(70)42-67(41-44(2)3)86(78,79)51-30-27-48(28-31-51)69(76)77/h14-16,19-23,26-28,30-31,33,39-40,44,50,52-55,70H,13,17-18,24-25,29,32,34-38,41-43H2,1-12H3,(H,65,71)(H,66,75)/t50?,52-,53-,54+,55+/m0/s1. The normalized spacial score (nSPS) is 15.4. The molecule has 0 saturated carbocycles. The van der Waals surface area contributed by atoms with Crippen molar-refractivity contribution in [2.75, 3.05) is 53.6 Å². The number of methoxy groups -OCH3 is 2. The summed E-state index contributed by atoms with van der Waals surface area (Å²) in [7, 11) is -3.60. The lowest BCUT2D eigenvalue weighted by atomic mass is 9.84. The first kappa shape index (κ1) is 70.8. The third kappa shape index (κ3) is 20.9. The van der Waals surface area contributed by atoms with Crippen molar-refractivity contribution < 1.29 is 70.5 Å². The fourth-order valence-corrected chi connectivity index (χ4v) is 12.1. The molecule has 1 saturated heterocycles. The number of piperidine rings is 1. The van der Waals surface area contributed by atoms with Gasteiger partial charge in [-0.1, -0.05) is 104 Å². The Bertz CT molecular complexity index is 3050. The van der Waals surface area contributed by atoms with Gasteiger partial charge in [0.05, 0.1) is 49.3 Å². The van der Waals surface area contributed by atoms with E-state index in [1.165, 1.54) is 4.90 Å². The second-order valence-corrected chi connectivity index (χ2v) is 31.4. The van der Waals surface area contributed by atoms with Gasteiger partial charge in [0.25, 0.3) is 11.6 Å². The molecule has 0 aromatic heterocycles. The highest BCUT2D eigenvalue weighted by molar-refractivity contribution is 7.89. The summed E-state index contributed by atoms with van der Waals surface area (Å²) in [5.41, 5.74) is 1.08. The van der Waals surface area contributed by atoms with Crippen molar-refractivity contribution in [2.45, 2.75) is 167 Å². The predicted molar refractivity (Wildman–Crippen MR) is 332 cm³/mol. The molecule has 0 aliphatic carbocycles. The monoisotopic (exact) mass is 1250 g/mol. The van der Waals surface area contributed by atoms with Crippen LogP contribution in [0.25, 0.3) is 0 Å². The molecule has 21 nitrogen and oxygen atoms in total. The van der Waals surface area contributed by atoms with Crippen LogP contribution in [0.3, 0.4) is 0 Å². The number of Topliss-reactive ketones (excluding diaryl/α,β-unsaturated/α-hetero) is 1. The van der Waals surface area contributed by atoms with Crippen LogP contribution >= 0.6 is 0 Å². The van der Waals surface area contributed by atoms with Gasteiger partial charge in [0.15, 0.2) is 19.8 Å². The van der Waals surface area contributed by atoms with E-state index in [0.717, 1.165) is 39.7 Å². The topological polar surface area (TPSA) is 269 Å². The Kier molecular flexibility index (Phi) is 26.3. The number of ketones is 1. The number of alkyl carbamates (subject to hydrolysis) is 1. The number of benzene rings is 4.